The number of rotatable bonds is 5. The Labute approximate surface area is 206 Å². The van der Waals surface area contributed by atoms with Crippen LogP contribution in [-0.4, -0.2) is 98.6 Å². The van der Waals surface area contributed by atoms with Crippen LogP contribution in [0.4, 0.5) is 21.0 Å². The zero-order valence-electron chi connectivity index (χ0n) is 21.1. The number of piperazine rings is 1. The fourth-order valence-corrected chi connectivity index (χ4v) is 4.77. The molecule has 10 heteroatoms. The van der Waals surface area contributed by atoms with Crippen LogP contribution in [0.1, 0.15) is 33.6 Å². The molecule has 0 radical (unpaired) electrons. The van der Waals surface area contributed by atoms with Gasteiger partial charge >= 0.3 is 18.1 Å². The van der Waals surface area contributed by atoms with Crippen LogP contribution in [0.3, 0.4) is 0 Å². The molecule has 35 heavy (non-hydrogen) atoms. The van der Waals surface area contributed by atoms with Gasteiger partial charge in [-0.05, 0) is 51.5 Å². The quantitative estimate of drug-likeness (QED) is 0.589. The Kier molecular flexibility index (Phi) is 7.39. The topological polar surface area (TPSA) is 91.9 Å². The zero-order valence-corrected chi connectivity index (χ0v) is 21.1. The zero-order chi connectivity index (χ0) is 25.2. The predicted octanol–water partition coefficient (Wildman–Crippen LogP) is 2.71. The van der Waals surface area contributed by atoms with E-state index in [0.29, 0.717) is 52.2 Å². The number of morpholine rings is 1. The maximum atomic E-state index is 13.1. The molecular weight excluding hydrogens is 452 g/mol. The van der Waals surface area contributed by atoms with Gasteiger partial charge < -0.3 is 28.9 Å². The van der Waals surface area contributed by atoms with E-state index in [0.717, 1.165) is 17.9 Å². The maximum Gasteiger partial charge on any atom is 0.410 e. The fraction of sp³-hybridized carbons (Fsp3) is 0.640. The van der Waals surface area contributed by atoms with Crippen molar-refractivity contribution in [1.29, 1.82) is 0 Å². The highest BCUT2D eigenvalue weighted by Crippen LogP contribution is 2.29. The minimum atomic E-state index is -0.546. The molecular formula is C25H36N4O6. The Hall–Kier alpha value is -3.01. The number of hydrogen-bond donors (Lipinski definition) is 0. The van der Waals surface area contributed by atoms with Crippen LogP contribution in [0.25, 0.3) is 0 Å². The summed E-state index contributed by atoms with van der Waals surface area (Å²) in [7, 11) is 1.39. The molecule has 1 aromatic carbocycles. The van der Waals surface area contributed by atoms with Gasteiger partial charge in [0.15, 0.2) is 0 Å². The van der Waals surface area contributed by atoms with E-state index < -0.39 is 5.60 Å². The van der Waals surface area contributed by atoms with Crippen molar-refractivity contribution in [3.8, 4) is 0 Å². The lowest BCUT2D eigenvalue weighted by Crippen LogP contribution is -2.54. The van der Waals surface area contributed by atoms with Crippen molar-refractivity contribution in [3.05, 3.63) is 24.3 Å². The molecule has 3 heterocycles. The molecule has 1 aromatic rings. The van der Waals surface area contributed by atoms with Crippen molar-refractivity contribution in [2.45, 2.75) is 51.4 Å². The Morgan fingerprint density at radius 3 is 2.43 bits per heavy atom. The third-order valence-electron chi connectivity index (χ3n) is 6.57. The van der Waals surface area contributed by atoms with E-state index in [2.05, 4.69) is 4.90 Å². The molecule has 2 atom stereocenters. The number of carbonyl (C=O) groups excluding carboxylic acids is 3. The number of nitrogens with zero attached hydrogens (tertiary/aromatic N) is 4. The highest BCUT2D eigenvalue weighted by molar-refractivity contribution is 5.95. The Morgan fingerprint density at radius 1 is 1.03 bits per heavy atom. The van der Waals surface area contributed by atoms with E-state index >= 15 is 0 Å². The van der Waals surface area contributed by atoms with Crippen LogP contribution in [0.5, 0.6) is 0 Å². The van der Waals surface area contributed by atoms with Crippen molar-refractivity contribution in [2.24, 2.45) is 0 Å². The van der Waals surface area contributed by atoms with E-state index in [-0.39, 0.29) is 30.2 Å². The first-order valence-corrected chi connectivity index (χ1v) is 12.2. The average Bonchev–Trinajstić information content (AvgIpc) is 3.17. The molecule has 192 valence electrons. The first kappa shape index (κ1) is 25.1. The van der Waals surface area contributed by atoms with Crippen molar-refractivity contribution in [1.82, 2.24) is 9.80 Å². The average molecular weight is 489 g/mol. The van der Waals surface area contributed by atoms with Gasteiger partial charge in [-0.15, -0.1) is 0 Å². The first-order valence-electron chi connectivity index (χ1n) is 12.2. The van der Waals surface area contributed by atoms with Crippen molar-refractivity contribution in [2.75, 3.05) is 62.8 Å². The molecule has 0 bridgehead atoms. The number of fused-ring (bicyclic) bond motifs is 1. The highest BCUT2D eigenvalue weighted by atomic mass is 16.6. The summed E-state index contributed by atoms with van der Waals surface area (Å²) in [5.74, 6) is -0.226. The Morgan fingerprint density at radius 2 is 1.74 bits per heavy atom. The Bertz CT molecular complexity index is 931. The van der Waals surface area contributed by atoms with E-state index in [1.165, 1.54) is 7.11 Å². The molecule has 0 spiro atoms. The van der Waals surface area contributed by atoms with E-state index in [4.69, 9.17) is 14.2 Å². The summed E-state index contributed by atoms with van der Waals surface area (Å²) in [5, 5.41) is 0. The number of hydrogen-bond acceptors (Lipinski definition) is 7. The number of amides is 3. The lowest BCUT2D eigenvalue weighted by Gasteiger charge is -2.36. The van der Waals surface area contributed by atoms with Crippen molar-refractivity contribution >= 4 is 29.5 Å². The van der Waals surface area contributed by atoms with Gasteiger partial charge in [0.2, 0.25) is 0 Å². The molecule has 0 aromatic heterocycles. The minimum Gasteiger partial charge on any atom is -0.469 e. The summed E-state index contributed by atoms with van der Waals surface area (Å²) < 4.78 is 16.0. The first-order chi connectivity index (χ1) is 16.6. The van der Waals surface area contributed by atoms with Crippen LogP contribution in [-0.2, 0) is 19.0 Å². The summed E-state index contributed by atoms with van der Waals surface area (Å²) in [4.78, 5) is 44.6. The van der Waals surface area contributed by atoms with Crippen molar-refractivity contribution in [3.63, 3.8) is 0 Å². The van der Waals surface area contributed by atoms with E-state index in [9.17, 15) is 14.4 Å². The highest BCUT2D eigenvalue weighted by Gasteiger charge is 2.43. The van der Waals surface area contributed by atoms with Gasteiger partial charge in [-0.3, -0.25) is 9.69 Å². The van der Waals surface area contributed by atoms with Crippen LogP contribution >= 0.6 is 0 Å². The number of ether oxygens (including phenoxy) is 3. The molecule has 0 N–H and O–H groups in total. The summed E-state index contributed by atoms with van der Waals surface area (Å²) >= 11 is 0. The van der Waals surface area contributed by atoms with Gasteiger partial charge in [0.25, 0.3) is 0 Å². The maximum absolute atomic E-state index is 13.1. The number of methoxy groups -OCH3 is 1. The largest absolute Gasteiger partial charge is 0.469 e. The van der Waals surface area contributed by atoms with Crippen LogP contribution in [0.15, 0.2) is 24.3 Å². The van der Waals surface area contributed by atoms with Crippen molar-refractivity contribution < 1.29 is 28.6 Å². The molecule has 4 rings (SSSR count). The molecule has 3 aliphatic heterocycles. The summed E-state index contributed by atoms with van der Waals surface area (Å²) in [5.41, 5.74) is 1.35. The smallest absolute Gasteiger partial charge is 0.410 e. The lowest BCUT2D eigenvalue weighted by atomic mass is 10.1. The number of carbonyl (C=O) groups is 3. The van der Waals surface area contributed by atoms with Crippen LogP contribution in [0.2, 0.25) is 0 Å². The molecule has 3 fully saturated rings. The number of urea groups is 1. The molecule has 3 saturated heterocycles. The molecule has 10 nitrogen and oxygen atoms in total. The molecule has 3 amide bonds. The third kappa shape index (κ3) is 5.98. The van der Waals surface area contributed by atoms with Gasteiger partial charge in [0, 0.05) is 57.1 Å². The molecule has 0 unspecified atom stereocenters. The molecule has 0 saturated carbocycles. The predicted molar refractivity (Wildman–Crippen MR) is 131 cm³/mol. The van der Waals surface area contributed by atoms with E-state index in [1.807, 2.05) is 49.9 Å². The summed E-state index contributed by atoms with van der Waals surface area (Å²) in [6.07, 6.45) is 0.615. The number of benzene rings is 1. The second-order valence-corrected chi connectivity index (χ2v) is 10.2. The normalized spacial score (nSPS) is 22.8. The fourth-order valence-electron chi connectivity index (χ4n) is 4.77. The molecule has 3 aliphatic rings. The standard InChI is InChI=1S/C25H36N4O6/c1-25(2,3)35-24(32)27-11-12-28-20(15-27)16-29(23(28)31)19-7-5-18(6-8-19)26-13-14-34-21(17-26)9-10-22(30)33-4/h5-8,20-21H,9-17H2,1-4H3/t20-,21+/m0/s1. The third-order valence-corrected chi connectivity index (χ3v) is 6.57. The second kappa shape index (κ2) is 10.3. The van der Waals surface area contributed by atoms with E-state index in [1.54, 1.807) is 9.80 Å². The van der Waals surface area contributed by atoms with Gasteiger partial charge in [0.1, 0.15) is 5.60 Å². The molecule has 0 aliphatic carbocycles. The lowest BCUT2D eigenvalue weighted by molar-refractivity contribution is -0.141. The van der Waals surface area contributed by atoms with Gasteiger partial charge in [-0.2, -0.15) is 0 Å². The van der Waals surface area contributed by atoms with Crippen LogP contribution in [0, 0.1) is 0 Å². The monoisotopic (exact) mass is 488 g/mol. The second-order valence-electron chi connectivity index (χ2n) is 10.2. The van der Waals surface area contributed by atoms with Gasteiger partial charge in [-0.25, -0.2) is 9.59 Å². The van der Waals surface area contributed by atoms with Crippen LogP contribution < -0.4 is 9.80 Å². The minimum absolute atomic E-state index is 0.0217. The number of anilines is 2. The Balaban J connectivity index is 1.35. The summed E-state index contributed by atoms with van der Waals surface area (Å²) in [6, 6.07) is 7.90. The SMILES string of the molecule is COC(=O)CC[C@@H]1CN(c2ccc(N3C[C@@H]4CN(C(=O)OC(C)(C)C)CCN4C3=O)cc2)CCO1. The number of esters is 1. The van der Waals surface area contributed by atoms with Gasteiger partial charge in [0.05, 0.1) is 25.9 Å². The summed E-state index contributed by atoms with van der Waals surface area (Å²) in [6.45, 7) is 9.60. The van der Waals surface area contributed by atoms with Gasteiger partial charge in [-0.1, -0.05) is 0 Å².